The van der Waals surface area contributed by atoms with Crippen LogP contribution >= 0.6 is 0 Å². The van der Waals surface area contributed by atoms with E-state index >= 15 is 0 Å². The topological polar surface area (TPSA) is 88.6 Å². The van der Waals surface area contributed by atoms with Gasteiger partial charge in [-0.3, -0.25) is 0 Å². The Morgan fingerprint density at radius 2 is 1.72 bits per heavy atom. The van der Waals surface area contributed by atoms with Crippen LogP contribution in [-0.2, 0) is 11.3 Å². The summed E-state index contributed by atoms with van der Waals surface area (Å²) in [7, 11) is 3.95. The maximum Gasteiger partial charge on any atom is 0.343 e. The number of carbonyl (C=O) groups excluding carboxylic acids is 2. The first-order chi connectivity index (χ1) is 17.5. The van der Waals surface area contributed by atoms with E-state index in [-0.39, 0.29) is 13.4 Å². The Bertz CT molecular complexity index is 1440. The molecule has 1 aromatic heterocycles. The van der Waals surface area contributed by atoms with Crippen molar-refractivity contribution in [3.05, 3.63) is 77.4 Å². The second kappa shape index (κ2) is 9.75. The molecule has 36 heavy (non-hydrogen) atoms. The first-order valence-corrected chi connectivity index (χ1v) is 11.7. The Hall–Kier alpha value is -4.30. The molecule has 1 aliphatic heterocycles. The number of quaternary nitrogens is 1. The number of hydrogen-bond acceptors (Lipinski definition) is 7. The molecule has 0 saturated heterocycles. The van der Waals surface area contributed by atoms with E-state index in [1.54, 1.807) is 37.3 Å². The number of rotatable bonds is 7. The molecule has 0 aliphatic carbocycles. The number of esters is 2. The fourth-order valence-electron chi connectivity index (χ4n) is 4.24. The van der Waals surface area contributed by atoms with Gasteiger partial charge in [-0.25, -0.2) is 9.59 Å². The third-order valence-corrected chi connectivity index (χ3v) is 5.78. The summed E-state index contributed by atoms with van der Waals surface area (Å²) in [6.45, 7) is 2.56. The molecular weight excluding hydrogens is 462 g/mol. The number of hydrogen-bond donors (Lipinski definition) is 1. The Kier molecular flexibility index (Phi) is 6.35. The van der Waals surface area contributed by atoms with Gasteiger partial charge in [-0.1, -0.05) is 30.3 Å². The highest BCUT2D eigenvalue weighted by Gasteiger charge is 2.29. The molecule has 8 nitrogen and oxygen atoms in total. The normalized spacial score (nSPS) is 12.2. The van der Waals surface area contributed by atoms with Gasteiger partial charge in [0.05, 0.1) is 31.8 Å². The van der Waals surface area contributed by atoms with Crippen LogP contribution in [0.2, 0.25) is 0 Å². The third kappa shape index (κ3) is 4.38. The van der Waals surface area contributed by atoms with Crippen molar-refractivity contribution < 1.29 is 37.9 Å². The molecule has 0 amide bonds. The van der Waals surface area contributed by atoms with Gasteiger partial charge in [-0.2, -0.15) is 0 Å². The van der Waals surface area contributed by atoms with Crippen LogP contribution in [0.15, 0.2) is 65.1 Å². The lowest BCUT2D eigenvalue weighted by molar-refractivity contribution is -0.872. The van der Waals surface area contributed by atoms with E-state index in [1.807, 2.05) is 44.4 Å². The molecule has 0 unspecified atom stereocenters. The minimum absolute atomic E-state index is 0.112. The van der Waals surface area contributed by atoms with Crippen molar-refractivity contribution in [2.45, 2.75) is 13.5 Å². The van der Waals surface area contributed by atoms with Gasteiger partial charge in [-0.05, 0) is 37.3 Å². The highest BCUT2D eigenvalue weighted by atomic mass is 16.7. The number of fused-ring (bicyclic) bond motifs is 2. The molecule has 8 heteroatoms. The van der Waals surface area contributed by atoms with Crippen molar-refractivity contribution >= 4 is 22.9 Å². The Morgan fingerprint density at radius 3 is 2.47 bits per heavy atom. The molecule has 3 aromatic carbocycles. The van der Waals surface area contributed by atoms with Crippen molar-refractivity contribution in [3.63, 3.8) is 0 Å². The molecule has 1 aliphatic rings. The highest BCUT2D eigenvalue weighted by molar-refractivity contribution is 6.10. The number of nitrogens with one attached hydrogen (secondary N) is 1. The lowest BCUT2D eigenvalue weighted by Crippen LogP contribution is -3.04. The summed E-state index contributed by atoms with van der Waals surface area (Å²) in [5, 5.41) is 0.574. The molecule has 0 saturated carbocycles. The second-order valence-electron chi connectivity index (χ2n) is 8.65. The van der Waals surface area contributed by atoms with Gasteiger partial charge in [0.25, 0.3) is 0 Å². The lowest BCUT2D eigenvalue weighted by atomic mass is 10.0. The van der Waals surface area contributed by atoms with Crippen molar-refractivity contribution in [1.29, 1.82) is 0 Å². The van der Waals surface area contributed by atoms with Gasteiger partial charge >= 0.3 is 11.9 Å². The zero-order valence-electron chi connectivity index (χ0n) is 20.3. The van der Waals surface area contributed by atoms with Gasteiger partial charge in [0.15, 0.2) is 11.5 Å². The van der Waals surface area contributed by atoms with Gasteiger partial charge < -0.3 is 28.3 Å². The zero-order valence-corrected chi connectivity index (χ0v) is 20.3. The van der Waals surface area contributed by atoms with E-state index in [0.717, 1.165) is 10.5 Å². The summed E-state index contributed by atoms with van der Waals surface area (Å²) in [4.78, 5) is 27.4. The number of carbonyl (C=O) groups is 2. The fraction of sp³-hybridized carbons (Fsp3) is 0.214. The molecule has 184 valence electrons. The largest absolute Gasteiger partial charge is 0.462 e. The maximum absolute atomic E-state index is 13.2. The van der Waals surface area contributed by atoms with Crippen molar-refractivity contribution in [2.75, 3.05) is 27.5 Å². The van der Waals surface area contributed by atoms with Crippen molar-refractivity contribution in [3.8, 4) is 28.6 Å². The lowest BCUT2D eigenvalue weighted by Gasteiger charge is -2.14. The van der Waals surface area contributed by atoms with Gasteiger partial charge in [0.1, 0.15) is 29.2 Å². The predicted molar refractivity (Wildman–Crippen MR) is 132 cm³/mol. The summed E-state index contributed by atoms with van der Waals surface area (Å²) < 4.78 is 28.2. The van der Waals surface area contributed by atoms with Gasteiger partial charge in [-0.15, -0.1) is 0 Å². The van der Waals surface area contributed by atoms with E-state index in [9.17, 15) is 9.59 Å². The minimum atomic E-state index is -0.549. The first-order valence-electron chi connectivity index (χ1n) is 11.7. The summed E-state index contributed by atoms with van der Waals surface area (Å²) in [6.07, 6.45) is 0. The molecular formula is C28H26NO7+. The molecule has 2 heterocycles. The van der Waals surface area contributed by atoms with Crippen LogP contribution in [0, 0.1) is 0 Å². The minimum Gasteiger partial charge on any atom is -0.462 e. The van der Waals surface area contributed by atoms with Crippen LogP contribution in [0.5, 0.6) is 17.2 Å². The van der Waals surface area contributed by atoms with Crippen LogP contribution in [0.1, 0.15) is 33.2 Å². The average Bonchev–Trinajstić information content (AvgIpc) is 3.50. The van der Waals surface area contributed by atoms with Gasteiger partial charge in [0, 0.05) is 10.9 Å². The second-order valence-corrected chi connectivity index (χ2v) is 8.65. The average molecular weight is 489 g/mol. The Labute approximate surface area is 207 Å². The number of ether oxygens (including phenoxy) is 4. The van der Waals surface area contributed by atoms with Crippen LogP contribution in [0.4, 0.5) is 0 Å². The highest BCUT2D eigenvalue weighted by Crippen LogP contribution is 2.40. The Balaban J connectivity index is 1.64. The molecule has 1 N–H and O–H groups in total. The van der Waals surface area contributed by atoms with E-state index in [2.05, 4.69) is 0 Å². The summed E-state index contributed by atoms with van der Waals surface area (Å²) >= 11 is 0. The van der Waals surface area contributed by atoms with Crippen LogP contribution < -0.4 is 19.1 Å². The summed E-state index contributed by atoms with van der Waals surface area (Å²) in [5.74, 6) is 0.785. The van der Waals surface area contributed by atoms with Crippen LogP contribution in [0.3, 0.4) is 0 Å². The standard InChI is InChI=1S/C28H25NO7/c1-4-32-28(31)25-24-19(15-29(2)3)20(12-13-22(24)35-26(25)17-8-6-5-7-9-17)36-27(30)18-10-11-21-23(14-18)34-16-33-21/h5-14H,4,15-16H2,1-3H3/p+1. The monoisotopic (exact) mass is 488 g/mol. The molecule has 0 spiro atoms. The quantitative estimate of drug-likeness (QED) is 0.312. The molecule has 0 radical (unpaired) electrons. The van der Waals surface area contributed by atoms with Gasteiger partial charge in [0.2, 0.25) is 6.79 Å². The Morgan fingerprint density at radius 1 is 0.944 bits per heavy atom. The molecule has 0 fully saturated rings. The zero-order chi connectivity index (χ0) is 25.2. The van der Waals surface area contributed by atoms with E-state index in [0.29, 0.717) is 57.2 Å². The van der Waals surface area contributed by atoms with E-state index < -0.39 is 11.9 Å². The first kappa shape index (κ1) is 23.4. The number of furan rings is 1. The number of benzene rings is 3. The summed E-state index contributed by atoms with van der Waals surface area (Å²) in [6, 6.07) is 17.7. The SMILES string of the molecule is CCOC(=O)c1c(-c2ccccc2)oc2ccc(OC(=O)c3ccc4c(c3)OCO4)c(C[NH+](C)C)c12. The van der Waals surface area contributed by atoms with Crippen LogP contribution in [0.25, 0.3) is 22.3 Å². The molecule has 4 aromatic rings. The van der Waals surface area contributed by atoms with Crippen LogP contribution in [-0.4, -0.2) is 39.4 Å². The third-order valence-electron chi connectivity index (χ3n) is 5.78. The maximum atomic E-state index is 13.2. The van der Waals surface area contributed by atoms with Crippen molar-refractivity contribution in [2.24, 2.45) is 0 Å². The molecule has 5 rings (SSSR count). The van der Waals surface area contributed by atoms with E-state index in [4.69, 9.17) is 23.4 Å². The summed E-state index contributed by atoms with van der Waals surface area (Å²) in [5.41, 5.74) is 2.57. The fourth-order valence-corrected chi connectivity index (χ4v) is 4.24. The van der Waals surface area contributed by atoms with E-state index in [1.165, 1.54) is 0 Å². The predicted octanol–water partition coefficient (Wildman–Crippen LogP) is 3.87. The molecule has 0 bridgehead atoms. The molecule has 0 atom stereocenters. The van der Waals surface area contributed by atoms with Crippen molar-refractivity contribution in [1.82, 2.24) is 0 Å². The smallest absolute Gasteiger partial charge is 0.343 e.